The van der Waals surface area contributed by atoms with E-state index in [2.05, 4.69) is 0 Å². The SMILES string of the molecule is COc1cccc(F)c1C(O)CC1CCC1. The molecule has 0 radical (unpaired) electrons. The lowest BCUT2D eigenvalue weighted by Crippen LogP contribution is -2.16. The van der Waals surface area contributed by atoms with Crippen LogP contribution in [0.2, 0.25) is 0 Å². The highest BCUT2D eigenvalue weighted by Gasteiger charge is 2.25. The molecule has 1 atom stereocenters. The number of rotatable bonds is 4. The van der Waals surface area contributed by atoms with E-state index < -0.39 is 6.10 Å². The zero-order valence-corrected chi connectivity index (χ0v) is 9.45. The highest BCUT2D eigenvalue weighted by Crippen LogP contribution is 2.37. The van der Waals surface area contributed by atoms with Gasteiger partial charge in [-0.25, -0.2) is 4.39 Å². The first kappa shape index (κ1) is 11.4. The van der Waals surface area contributed by atoms with Crippen LogP contribution in [0.1, 0.15) is 37.4 Å². The van der Waals surface area contributed by atoms with Crippen molar-refractivity contribution < 1.29 is 14.2 Å². The van der Waals surface area contributed by atoms with E-state index >= 15 is 0 Å². The topological polar surface area (TPSA) is 29.5 Å². The summed E-state index contributed by atoms with van der Waals surface area (Å²) in [7, 11) is 1.49. The summed E-state index contributed by atoms with van der Waals surface area (Å²) >= 11 is 0. The third-order valence-electron chi connectivity index (χ3n) is 3.35. The molecule has 0 spiro atoms. The normalized spacial score (nSPS) is 17.9. The largest absolute Gasteiger partial charge is 0.496 e. The molecule has 1 N–H and O–H groups in total. The summed E-state index contributed by atoms with van der Waals surface area (Å²) in [5.41, 5.74) is 0.303. The van der Waals surface area contributed by atoms with Crippen molar-refractivity contribution in [1.82, 2.24) is 0 Å². The average molecular weight is 224 g/mol. The van der Waals surface area contributed by atoms with Gasteiger partial charge in [-0.15, -0.1) is 0 Å². The van der Waals surface area contributed by atoms with Crippen molar-refractivity contribution in [3.63, 3.8) is 0 Å². The van der Waals surface area contributed by atoms with E-state index in [0.717, 1.165) is 12.8 Å². The second-order valence-electron chi connectivity index (χ2n) is 4.40. The van der Waals surface area contributed by atoms with Crippen LogP contribution in [0.3, 0.4) is 0 Å². The van der Waals surface area contributed by atoms with Gasteiger partial charge in [0, 0.05) is 0 Å². The minimum absolute atomic E-state index is 0.303. The molecule has 1 saturated carbocycles. The fourth-order valence-corrected chi connectivity index (χ4v) is 2.18. The summed E-state index contributed by atoms with van der Waals surface area (Å²) < 4.78 is 18.7. The molecule has 88 valence electrons. The maximum Gasteiger partial charge on any atom is 0.132 e. The molecule has 1 fully saturated rings. The smallest absolute Gasteiger partial charge is 0.132 e. The summed E-state index contributed by atoms with van der Waals surface area (Å²) in [6, 6.07) is 4.64. The van der Waals surface area contributed by atoms with Crippen LogP contribution in [0.5, 0.6) is 5.75 Å². The number of aliphatic hydroxyl groups excluding tert-OH is 1. The van der Waals surface area contributed by atoms with Crippen molar-refractivity contribution >= 4 is 0 Å². The van der Waals surface area contributed by atoms with E-state index in [1.807, 2.05) is 0 Å². The van der Waals surface area contributed by atoms with Gasteiger partial charge in [0.05, 0.1) is 18.8 Å². The molecule has 16 heavy (non-hydrogen) atoms. The van der Waals surface area contributed by atoms with Gasteiger partial charge >= 0.3 is 0 Å². The molecule has 3 heteroatoms. The van der Waals surface area contributed by atoms with Crippen molar-refractivity contribution in [2.45, 2.75) is 31.8 Å². The van der Waals surface area contributed by atoms with Gasteiger partial charge < -0.3 is 9.84 Å². The Morgan fingerprint density at radius 3 is 2.81 bits per heavy atom. The van der Waals surface area contributed by atoms with Gasteiger partial charge in [-0.3, -0.25) is 0 Å². The molecule has 1 aromatic rings. The van der Waals surface area contributed by atoms with Crippen LogP contribution in [-0.4, -0.2) is 12.2 Å². The zero-order valence-electron chi connectivity index (χ0n) is 9.45. The van der Waals surface area contributed by atoms with E-state index in [0.29, 0.717) is 23.7 Å². The third-order valence-corrected chi connectivity index (χ3v) is 3.35. The van der Waals surface area contributed by atoms with Gasteiger partial charge in [-0.05, 0) is 24.5 Å². The predicted molar refractivity (Wildman–Crippen MR) is 59.9 cm³/mol. The van der Waals surface area contributed by atoms with Gasteiger partial charge in [0.15, 0.2) is 0 Å². The van der Waals surface area contributed by atoms with E-state index in [-0.39, 0.29) is 5.82 Å². The summed E-state index contributed by atoms with van der Waals surface area (Å²) in [6.45, 7) is 0. The van der Waals surface area contributed by atoms with Gasteiger partial charge in [0.2, 0.25) is 0 Å². The van der Waals surface area contributed by atoms with Gasteiger partial charge in [0.25, 0.3) is 0 Å². The Morgan fingerprint density at radius 1 is 1.50 bits per heavy atom. The van der Waals surface area contributed by atoms with Crippen molar-refractivity contribution in [2.75, 3.05) is 7.11 Å². The first-order valence-corrected chi connectivity index (χ1v) is 5.73. The van der Waals surface area contributed by atoms with Crippen molar-refractivity contribution in [3.05, 3.63) is 29.6 Å². The van der Waals surface area contributed by atoms with Crippen LogP contribution >= 0.6 is 0 Å². The van der Waals surface area contributed by atoms with Crippen LogP contribution in [0.4, 0.5) is 4.39 Å². The molecule has 0 amide bonds. The van der Waals surface area contributed by atoms with Crippen LogP contribution < -0.4 is 4.74 Å². The Kier molecular flexibility index (Phi) is 3.44. The molecule has 0 bridgehead atoms. The first-order chi connectivity index (χ1) is 7.72. The van der Waals surface area contributed by atoms with Crippen LogP contribution in [0.25, 0.3) is 0 Å². The summed E-state index contributed by atoms with van der Waals surface area (Å²) in [6.07, 6.45) is 3.41. The molecule has 0 saturated heterocycles. The number of aliphatic hydroxyl groups is 1. The number of ether oxygens (including phenoxy) is 1. The maximum atomic E-state index is 13.6. The van der Waals surface area contributed by atoms with Crippen LogP contribution in [-0.2, 0) is 0 Å². The minimum atomic E-state index is -0.749. The number of methoxy groups -OCH3 is 1. The lowest BCUT2D eigenvalue weighted by Gasteiger charge is -2.28. The lowest BCUT2D eigenvalue weighted by molar-refractivity contribution is 0.112. The van der Waals surface area contributed by atoms with Crippen molar-refractivity contribution in [2.24, 2.45) is 5.92 Å². The number of hydrogen-bond donors (Lipinski definition) is 1. The fourth-order valence-electron chi connectivity index (χ4n) is 2.18. The Labute approximate surface area is 95.1 Å². The maximum absolute atomic E-state index is 13.6. The highest BCUT2D eigenvalue weighted by molar-refractivity contribution is 5.36. The molecule has 2 nitrogen and oxygen atoms in total. The molecular formula is C13H17FO2. The molecule has 1 unspecified atom stereocenters. The highest BCUT2D eigenvalue weighted by atomic mass is 19.1. The van der Waals surface area contributed by atoms with Gasteiger partial charge in [-0.2, -0.15) is 0 Å². The molecule has 1 aliphatic carbocycles. The third kappa shape index (κ3) is 2.19. The standard InChI is InChI=1S/C13H17FO2/c1-16-12-7-3-6-10(14)13(12)11(15)8-9-4-2-5-9/h3,6-7,9,11,15H,2,4-5,8H2,1H3. The lowest BCUT2D eigenvalue weighted by atomic mass is 9.80. The van der Waals surface area contributed by atoms with Crippen molar-refractivity contribution in [1.29, 1.82) is 0 Å². The molecular weight excluding hydrogens is 207 g/mol. The summed E-state index contributed by atoms with van der Waals surface area (Å²) in [5.74, 6) is 0.595. The average Bonchev–Trinajstić information content (AvgIpc) is 2.22. The summed E-state index contributed by atoms with van der Waals surface area (Å²) in [4.78, 5) is 0. The Hall–Kier alpha value is -1.09. The van der Waals surface area contributed by atoms with Gasteiger partial charge in [0.1, 0.15) is 11.6 Å². The second kappa shape index (κ2) is 4.83. The monoisotopic (exact) mass is 224 g/mol. The molecule has 1 aromatic carbocycles. The molecule has 0 aliphatic heterocycles. The van der Waals surface area contributed by atoms with Crippen LogP contribution in [0, 0.1) is 11.7 Å². The van der Waals surface area contributed by atoms with E-state index in [9.17, 15) is 9.50 Å². The van der Waals surface area contributed by atoms with E-state index in [4.69, 9.17) is 4.74 Å². The van der Waals surface area contributed by atoms with Gasteiger partial charge in [-0.1, -0.05) is 25.3 Å². The molecule has 2 rings (SSSR count). The Morgan fingerprint density at radius 2 is 2.25 bits per heavy atom. The fraction of sp³-hybridized carbons (Fsp3) is 0.538. The number of halogens is 1. The Balaban J connectivity index is 2.16. The first-order valence-electron chi connectivity index (χ1n) is 5.73. The zero-order chi connectivity index (χ0) is 11.5. The van der Waals surface area contributed by atoms with Crippen LogP contribution in [0.15, 0.2) is 18.2 Å². The Bertz CT molecular complexity index is 361. The predicted octanol–water partition coefficient (Wildman–Crippen LogP) is 3.06. The number of benzene rings is 1. The molecule has 1 aliphatic rings. The minimum Gasteiger partial charge on any atom is -0.496 e. The summed E-state index contributed by atoms with van der Waals surface area (Å²) in [5, 5.41) is 10.0. The number of hydrogen-bond acceptors (Lipinski definition) is 2. The quantitative estimate of drug-likeness (QED) is 0.851. The molecule has 0 heterocycles. The van der Waals surface area contributed by atoms with E-state index in [1.165, 1.54) is 19.6 Å². The van der Waals surface area contributed by atoms with Crippen molar-refractivity contribution in [3.8, 4) is 5.75 Å². The molecule has 0 aromatic heterocycles. The van der Waals surface area contributed by atoms with E-state index in [1.54, 1.807) is 12.1 Å². The second-order valence-corrected chi connectivity index (χ2v) is 4.40.